The van der Waals surface area contributed by atoms with Crippen molar-refractivity contribution in [2.45, 2.75) is 43.9 Å². The molecule has 2 saturated heterocycles. The average Bonchev–Trinajstić information content (AvgIpc) is 3.07. The molecular formula is C19H26N4O3S. The fourth-order valence-corrected chi connectivity index (χ4v) is 5.19. The van der Waals surface area contributed by atoms with Crippen molar-refractivity contribution in [3.05, 3.63) is 30.6 Å². The lowest BCUT2D eigenvalue weighted by Crippen LogP contribution is -2.45. The van der Waals surface area contributed by atoms with Crippen molar-refractivity contribution in [2.24, 2.45) is 7.05 Å². The Kier molecular flexibility index (Phi) is 5.62. The standard InChI is InChI=1S/C19H22N4OS.2H2O/c1-22-17-7-8-20-11-16(17)15-5-6-18(21-19(15)22)23-12-3-4-13(23)10-14(9-12)24-25-2;;/h5-8,11-14H,3-4,9-10H2,1-2H3;2*1H2. The maximum Gasteiger partial charge on any atom is 0.143 e. The Labute approximate surface area is 162 Å². The van der Waals surface area contributed by atoms with Gasteiger partial charge < -0.3 is 24.6 Å². The zero-order valence-electron chi connectivity index (χ0n) is 15.6. The minimum Gasteiger partial charge on any atom is -0.412 e. The van der Waals surface area contributed by atoms with Crippen LogP contribution in [0.1, 0.15) is 25.7 Å². The normalized spacial score (nSPS) is 24.1. The highest BCUT2D eigenvalue weighted by atomic mass is 32.2. The molecule has 5 heterocycles. The molecule has 0 aliphatic carbocycles. The van der Waals surface area contributed by atoms with Gasteiger partial charge in [-0.25, -0.2) is 4.98 Å². The SMILES string of the molecule is CSOC1CC2CCC(C1)N2c1ccc2c3cnccc3n(C)c2n1.O.O. The van der Waals surface area contributed by atoms with E-state index in [1.165, 1.54) is 41.2 Å². The summed E-state index contributed by atoms with van der Waals surface area (Å²) in [6.07, 6.45) is 10.9. The number of aryl methyl sites for hydroxylation is 1. The molecule has 2 aliphatic rings. The largest absolute Gasteiger partial charge is 0.412 e. The van der Waals surface area contributed by atoms with Crippen molar-refractivity contribution in [2.75, 3.05) is 11.2 Å². The highest BCUT2D eigenvalue weighted by Crippen LogP contribution is 2.41. The monoisotopic (exact) mass is 390 g/mol. The average molecular weight is 391 g/mol. The zero-order chi connectivity index (χ0) is 17.0. The van der Waals surface area contributed by atoms with E-state index in [1.807, 2.05) is 18.6 Å². The van der Waals surface area contributed by atoms with E-state index in [2.05, 4.69) is 39.7 Å². The van der Waals surface area contributed by atoms with E-state index in [0.717, 1.165) is 24.3 Å². The first-order chi connectivity index (χ1) is 12.3. The number of rotatable bonds is 3. The predicted molar refractivity (Wildman–Crippen MR) is 110 cm³/mol. The van der Waals surface area contributed by atoms with Crippen LogP contribution in [-0.4, -0.2) is 49.9 Å². The maximum absolute atomic E-state index is 5.84. The van der Waals surface area contributed by atoms with Gasteiger partial charge in [0.15, 0.2) is 0 Å². The van der Waals surface area contributed by atoms with Gasteiger partial charge in [-0.05, 0) is 55.9 Å². The quantitative estimate of drug-likeness (QED) is 0.638. The van der Waals surface area contributed by atoms with Gasteiger partial charge in [-0.3, -0.25) is 4.98 Å². The minimum absolute atomic E-state index is 0. The second-order valence-electron chi connectivity index (χ2n) is 7.14. The van der Waals surface area contributed by atoms with Crippen molar-refractivity contribution >= 4 is 39.8 Å². The fraction of sp³-hybridized carbons (Fsp3) is 0.474. The van der Waals surface area contributed by atoms with E-state index in [0.29, 0.717) is 18.2 Å². The second-order valence-corrected chi connectivity index (χ2v) is 7.67. The molecule has 5 rings (SSSR count). The molecule has 2 unspecified atom stereocenters. The zero-order valence-corrected chi connectivity index (χ0v) is 16.4. The number of pyridine rings is 2. The summed E-state index contributed by atoms with van der Waals surface area (Å²) in [7, 11) is 2.09. The predicted octanol–water partition coefficient (Wildman–Crippen LogP) is 2.27. The first-order valence-corrected chi connectivity index (χ1v) is 10.1. The number of aromatic nitrogens is 3. The summed E-state index contributed by atoms with van der Waals surface area (Å²) in [5.41, 5.74) is 2.23. The van der Waals surface area contributed by atoms with E-state index in [1.54, 1.807) is 0 Å². The first kappa shape index (κ1) is 19.9. The molecule has 146 valence electrons. The molecule has 0 radical (unpaired) electrons. The minimum atomic E-state index is 0. The van der Waals surface area contributed by atoms with Crippen LogP contribution in [0.2, 0.25) is 0 Å². The molecule has 3 aromatic rings. The Balaban J connectivity index is 0.00000105. The van der Waals surface area contributed by atoms with Crippen LogP contribution >= 0.6 is 12.0 Å². The van der Waals surface area contributed by atoms with Crippen molar-refractivity contribution in [1.82, 2.24) is 14.5 Å². The van der Waals surface area contributed by atoms with Gasteiger partial charge >= 0.3 is 0 Å². The molecular weight excluding hydrogens is 364 g/mol. The Bertz CT molecular complexity index is 933. The number of hydrogen-bond acceptors (Lipinski definition) is 5. The molecule has 4 N–H and O–H groups in total. The highest BCUT2D eigenvalue weighted by Gasteiger charge is 2.42. The molecule has 0 spiro atoms. The van der Waals surface area contributed by atoms with Crippen LogP contribution in [-0.2, 0) is 11.2 Å². The van der Waals surface area contributed by atoms with Gasteiger partial charge in [0.25, 0.3) is 0 Å². The van der Waals surface area contributed by atoms with Crippen molar-refractivity contribution in [1.29, 1.82) is 0 Å². The molecule has 3 aromatic heterocycles. The van der Waals surface area contributed by atoms with Gasteiger partial charge in [-0.2, -0.15) is 0 Å². The van der Waals surface area contributed by atoms with Crippen LogP contribution in [0.4, 0.5) is 5.82 Å². The molecule has 2 fully saturated rings. The lowest BCUT2D eigenvalue weighted by Gasteiger charge is -2.39. The third kappa shape index (κ3) is 3.06. The molecule has 0 aromatic carbocycles. The summed E-state index contributed by atoms with van der Waals surface area (Å²) < 4.78 is 8.02. The molecule has 0 saturated carbocycles. The summed E-state index contributed by atoms with van der Waals surface area (Å²) in [5, 5.41) is 2.36. The third-order valence-corrected chi connectivity index (χ3v) is 6.28. The summed E-state index contributed by atoms with van der Waals surface area (Å²) in [6.45, 7) is 0. The molecule has 0 amide bonds. The van der Waals surface area contributed by atoms with Crippen LogP contribution in [0, 0.1) is 0 Å². The van der Waals surface area contributed by atoms with Gasteiger partial charge in [-0.1, -0.05) is 0 Å². The van der Waals surface area contributed by atoms with Crippen LogP contribution in [0.15, 0.2) is 30.6 Å². The smallest absolute Gasteiger partial charge is 0.143 e. The molecule has 2 bridgehead atoms. The Morgan fingerprint density at radius 2 is 1.81 bits per heavy atom. The Morgan fingerprint density at radius 3 is 2.52 bits per heavy atom. The van der Waals surface area contributed by atoms with Crippen molar-refractivity contribution in [3.63, 3.8) is 0 Å². The Morgan fingerprint density at radius 1 is 1.07 bits per heavy atom. The summed E-state index contributed by atoms with van der Waals surface area (Å²) >= 11 is 1.50. The van der Waals surface area contributed by atoms with E-state index >= 15 is 0 Å². The first-order valence-electron chi connectivity index (χ1n) is 8.93. The van der Waals surface area contributed by atoms with Crippen molar-refractivity contribution in [3.8, 4) is 0 Å². The number of anilines is 1. The fourth-order valence-electron chi connectivity index (χ4n) is 4.77. The van der Waals surface area contributed by atoms with E-state index < -0.39 is 0 Å². The number of nitrogens with zero attached hydrogens (tertiary/aromatic N) is 4. The van der Waals surface area contributed by atoms with Crippen LogP contribution in [0.5, 0.6) is 0 Å². The van der Waals surface area contributed by atoms with E-state index in [4.69, 9.17) is 9.17 Å². The highest BCUT2D eigenvalue weighted by molar-refractivity contribution is 7.93. The molecule has 2 aliphatic heterocycles. The topological polar surface area (TPSA) is 106 Å². The second kappa shape index (κ2) is 7.63. The lowest BCUT2D eigenvalue weighted by molar-refractivity contribution is 0.180. The number of fused-ring (bicyclic) bond motifs is 5. The molecule has 7 nitrogen and oxygen atoms in total. The molecule has 27 heavy (non-hydrogen) atoms. The number of piperidine rings is 1. The van der Waals surface area contributed by atoms with Gasteiger partial charge in [-0.15, -0.1) is 0 Å². The third-order valence-electron chi connectivity index (χ3n) is 5.81. The lowest BCUT2D eigenvalue weighted by atomic mass is 10.00. The molecule has 2 atom stereocenters. The maximum atomic E-state index is 5.84. The van der Waals surface area contributed by atoms with Crippen LogP contribution < -0.4 is 4.90 Å². The summed E-state index contributed by atoms with van der Waals surface area (Å²) in [4.78, 5) is 11.9. The van der Waals surface area contributed by atoms with Gasteiger partial charge in [0.1, 0.15) is 11.5 Å². The number of hydrogen-bond donors (Lipinski definition) is 0. The van der Waals surface area contributed by atoms with E-state index in [-0.39, 0.29) is 11.0 Å². The molecule has 8 heteroatoms. The van der Waals surface area contributed by atoms with Gasteiger partial charge in [0, 0.05) is 48.6 Å². The van der Waals surface area contributed by atoms with Crippen molar-refractivity contribution < 1.29 is 15.1 Å². The van der Waals surface area contributed by atoms with Crippen LogP contribution in [0.3, 0.4) is 0 Å². The summed E-state index contributed by atoms with van der Waals surface area (Å²) in [5.74, 6) is 1.11. The Hall–Kier alpha value is -1.87. The van der Waals surface area contributed by atoms with Crippen LogP contribution in [0.25, 0.3) is 21.9 Å². The van der Waals surface area contributed by atoms with E-state index in [9.17, 15) is 0 Å². The van der Waals surface area contributed by atoms with Gasteiger partial charge in [0.05, 0.1) is 11.6 Å². The summed E-state index contributed by atoms with van der Waals surface area (Å²) in [6, 6.07) is 7.57. The van der Waals surface area contributed by atoms with Gasteiger partial charge in [0.2, 0.25) is 0 Å².